The average molecular weight is 298 g/mol. The van der Waals surface area contributed by atoms with E-state index in [2.05, 4.69) is 9.46 Å². The van der Waals surface area contributed by atoms with Crippen LogP contribution in [0.3, 0.4) is 0 Å². The fourth-order valence-electron chi connectivity index (χ4n) is 1.26. The van der Waals surface area contributed by atoms with Crippen LogP contribution in [0.1, 0.15) is 6.92 Å². The van der Waals surface area contributed by atoms with Gasteiger partial charge in [0.1, 0.15) is 10.6 Å². The van der Waals surface area contributed by atoms with Gasteiger partial charge >= 0.3 is 6.36 Å². The minimum Gasteiger partial charge on any atom is -0.404 e. The van der Waals surface area contributed by atoms with Gasteiger partial charge in [-0.25, -0.2) is 13.1 Å². The Morgan fingerprint density at radius 3 is 2.47 bits per heavy atom. The molecule has 1 rings (SSSR count). The molecule has 0 radical (unpaired) electrons. The second-order valence-corrected chi connectivity index (χ2v) is 5.43. The van der Waals surface area contributed by atoms with E-state index in [-0.39, 0.29) is 6.54 Å². The maximum Gasteiger partial charge on any atom is 0.573 e. The number of benzene rings is 1. The van der Waals surface area contributed by atoms with Gasteiger partial charge in [-0.05, 0) is 19.1 Å². The molecule has 0 aliphatic heterocycles. The van der Waals surface area contributed by atoms with Gasteiger partial charge in [-0.3, -0.25) is 0 Å². The third kappa shape index (κ3) is 4.69. The zero-order chi connectivity index (χ0) is 14.7. The summed E-state index contributed by atoms with van der Waals surface area (Å²) in [7, 11) is -4.13. The minimum absolute atomic E-state index is 0.0154. The monoisotopic (exact) mass is 298 g/mol. The Kier molecular flexibility index (Phi) is 4.77. The smallest absolute Gasteiger partial charge is 0.404 e. The van der Waals surface area contributed by atoms with Crippen LogP contribution in [-0.2, 0) is 10.0 Å². The Bertz CT molecular complexity index is 531. The highest BCUT2D eigenvalue weighted by Crippen LogP contribution is 2.29. The summed E-state index contributed by atoms with van der Waals surface area (Å²) in [6.45, 7) is 1.51. The van der Waals surface area contributed by atoms with Gasteiger partial charge in [0.25, 0.3) is 0 Å². The molecular formula is C10H13F3N2O3S. The molecule has 0 heterocycles. The summed E-state index contributed by atoms with van der Waals surface area (Å²) in [5, 5.41) is 0. The Morgan fingerprint density at radius 2 is 1.95 bits per heavy atom. The molecule has 0 amide bonds. The Balaban J connectivity index is 3.13. The van der Waals surface area contributed by atoms with Crippen LogP contribution < -0.4 is 15.2 Å². The predicted molar refractivity (Wildman–Crippen MR) is 62.0 cm³/mol. The first kappa shape index (κ1) is 15.7. The molecule has 0 spiro atoms. The van der Waals surface area contributed by atoms with Gasteiger partial charge in [-0.2, -0.15) is 0 Å². The van der Waals surface area contributed by atoms with Crippen molar-refractivity contribution in [2.75, 3.05) is 6.54 Å². The molecule has 0 aliphatic carbocycles. The zero-order valence-electron chi connectivity index (χ0n) is 9.94. The second kappa shape index (κ2) is 5.76. The van der Waals surface area contributed by atoms with E-state index in [1.807, 2.05) is 0 Å². The third-order valence-electron chi connectivity index (χ3n) is 2.07. The van der Waals surface area contributed by atoms with Gasteiger partial charge < -0.3 is 10.5 Å². The van der Waals surface area contributed by atoms with Crippen LogP contribution in [0.2, 0.25) is 0 Å². The van der Waals surface area contributed by atoms with Gasteiger partial charge in [-0.1, -0.05) is 12.1 Å². The van der Waals surface area contributed by atoms with E-state index < -0.39 is 33.1 Å². The van der Waals surface area contributed by atoms with Gasteiger partial charge in [0.15, 0.2) is 0 Å². The number of hydrogen-bond donors (Lipinski definition) is 2. The van der Waals surface area contributed by atoms with Crippen molar-refractivity contribution >= 4 is 10.0 Å². The number of ether oxygens (including phenoxy) is 1. The van der Waals surface area contributed by atoms with Crippen molar-refractivity contribution in [2.45, 2.75) is 24.2 Å². The molecule has 0 saturated carbocycles. The largest absolute Gasteiger partial charge is 0.573 e. The number of nitrogens with two attached hydrogens (primary N) is 1. The van der Waals surface area contributed by atoms with E-state index in [0.29, 0.717) is 0 Å². The van der Waals surface area contributed by atoms with E-state index in [9.17, 15) is 21.6 Å². The lowest BCUT2D eigenvalue weighted by atomic mass is 10.3. The first-order valence-corrected chi connectivity index (χ1v) is 6.71. The summed E-state index contributed by atoms with van der Waals surface area (Å²) in [6.07, 6.45) is -4.97. The summed E-state index contributed by atoms with van der Waals surface area (Å²) in [5.41, 5.74) is 5.26. The molecule has 0 fully saturated rings. The van der Waals surface area contributed by atoms with E-state index >= 15 is 0 Å². The van der Waals surface area contributed by atoms with Gasteiger partial charge in [-0.15, -0.1) is 13.2 Å². The maximum atomic E-state index is 12.2. The molecule has 9 heteroatoms. The molecule has 3 N–H and O–H groups in total. The first-order valence-electron chi connectivity index (χ1n) is 5.23. The van der Waals surface area contributed by atoms with Crippen molar-refractivity contribution in [1.29, 1.82) is 0 Å². The van der Waals surface area contributed by atoms with Crippen molar-refractivity contribution in [3.05, 3.63) is 24.3 Å². The topological polar surface area (TPSA) is 81.4 Å². The molecule has 1 atom stereocenters. The predicted octanol–water partition coefficient (Wildman–Crippen LogP) is 1.21. The number of sulfonamides is 1. The van der Waals surface area contributed by atoms with Crippen LogP contribution >= 0.6 is 0 Å². The van der Waals surface area contributed by atoms with Gasteiger partial charge in [0, 0.05) is 12.6 Å². The molecular weight excluding hydrogens is 285 g/mol. The van der Waals surface area contributed by atoms with Crippen molar-refractivity contribution < 1.29 is 26.3 Å². The molecule has 108 valence electrons. The molecule has 0 aromatic heterocycles. The summed E-state index contributed by atoms with van der Waals surface area (Å²) in [5.74, 6) is -0.785. The first-order chi connectivity index (χ1) is 8.65. The molecule has 1 aromatic carbocycles. The Labute approximate surface area is 108 Å². The van der Waals surface area contributed by atoms with Crippen molar-refractivity contribution in [1.82, 2.24) is 4.72 Å². The number of halogens is 3. The lowest BCUT2D eigenvalue weighted by Crippen LogP contribution is -2.38. The minimum atomic E-state index is -4.97. The van der Waals surface area contributed by atoms with Crippen LogP contribution in [0.25, 0.3) is 0 Å². The van der Waals surface area contributed by atoms with Crippen LogP contribution in [0.15, 0.2) is 29.2 Å². The lowest BCUT2D eigenvalue weighted by Gasteiger charge is -2.16. The number of hydrogen-bond acceptors (Lipinski definition) is 4. The molecule has 0 saturated heterocycles. The maximum absolute atomic E-state index is 12.2. The highest BCUT2D eigenvalue weighted by atomic mass is 32.2. The molecule has 0 aliphatic rings. The number of para-hydroxylation sites is 1. The number of alkyl halides is 3. The molecule has 0 unspecified atom stereocenters. The lowest BCUT2D eigenvalue weighted by molar-refractivity contribution is -0.275. The van der Waals surface area contributed by atoms with Crippen molar-refractivity contribution in [3.63, 3.8) is 0 Å². The molecule has 1 aromatic rings. The van der Waals surface area contributed by atoms with E-state index in [1.165, 1.54) is 19.1 Å². The third-order valence-corrected chi connectivity index (χ3v) is 3.70. The van der Waals surface area contributed by atoms with Crippen LogP contribution in [0.5, 0.6) is 5.75 Å². The van der Waals surface area contributed by atoms with Crippen LogP contribution in [0, 0.1) is 0 Å². The molecule has 5 nitrogen and oxygen atoms in total. The van der Waals surface area contributed by atoms with Crippen LogP contribution in [0.4, 0.5) is 13.2 Å². The summed E-state index contributed by atoms with van der Waals surface area (Å²) in [4.78, 5) is -0.590. The highest BCUT2D eigenvalue weighted by Gasteiger charge is 2.34. The highest BCUT2D eigenvalue weighted by molar-refractivity contribution is 7.89. The Morgan fingerprint density at radius 1 is 1.37 bits per heavy atom. The standard InChI is InChI=1S/C10H13F3N2O3S/c1-7(6-14)15-19(16,17)9-5-3-2-4-8(9)18-10(11,12)13/h2-5,7,15H,6,14H2,1H3/t7-/m0/s1. The Hall–Kier alpha value is -1.32. The average Bonchev–Trinajstić information content (AvgIpc) is 2.26. The normalized spacial score (nSPS) is 14.2. The van der Waals surface area contributed by atoms with Crippen molar-refractivity contribution in [2.24, 2.45) is 5.73 Å². The fraction of sp³-hybridized carbons (Fsp3) is 0.400. The van der Waals surface area contributed by atoms with Gasteiger partial charge in [0.05, 0.1) is 0 Å². The summed E-state index contributed by atoms with van der Waals surface area (Å²) >= 11 is 0. The van der Waals surface area contributed by atoms with E-state index in [1.54, 1.807) is 0 Å². The summed E-state index contributed by atoms with van der Waals surface area (Å²) < 4.78 is 66.2. The quantitative estimate of drug-likeness (QED) is 0.856. The van der Waals surface area contributed by atoms with Crippen molar-refractivity contribution in [3.8, 4) is 5.75 Å². The number of rotatable bonds is 5. The SMILES string of the molecule is C[C@@H](CN)NS(=O)(=O)c1ccccc1OC(F)(F)F. The van der Waals surface area contributed by atoms with Crippen LogP contribution in [-0.4, -0.2) is 27.4 Å². The second-order valence-electron chi connectivity index (χ2n) is 3.75. The molecule has 19 heavy (non-hydrogen) atoms. The van der Waals surface area contributed by atoms with E-state index in [0.717, 1.165) is 12.1 Å². The van der Waals surface area contributed by atoms with E-state index in [4.69, 9.17) is 5.73 Å². The fourth-order valence-corrected chi connectivity index (χ4v) is 2.64. The summed E-state index contributed by atoms with van der Waals surface area (Å²) in [6, 6.07) is 3.88. The van der Waals surface area contributed by atoms with Gasteiger partial charge in [0.2, 0.25) is 10.0 Å². The molecule has 0 bridgehead atoms. The zero-order valence-corrected chi connectivity index (χ0v) is 10.8. The number of nitrogens with one attached hydrogen (secondary N) is 1.